The molecule has 13 nitrogen and oxygen atoms in total. The lowest BCUT2D eigenvalue weighted by Gasteiger charge is -2.39. The van der Waals surface area contributed by atoms with Crippen molar-refractivity contribution in [2.24, 2.45) is 0 Å². The number of benzene rings is 1. The Kier molecular flexibility index (Phi) is 15.2. The number of aliphatic hydroxyl groups excluding tert-OH is 5. The number of esters is 1. The maximum atomic E-state index is 13.4. The van der Waals surface area contributed by atoms with Gasteiger partial charge in [-0.1, -0.05) is 63.8 Å². The Bertz CT molecular complexity index is 1240. The van der Waals surface area contributed by atoms with Gasteiger partial charge in [0.05, 0.1) is 25.4 Å². The molecule has 3 aliphatic rings. The van der Waals surface area contributed by atoms with Crippen molar-refractivity contribution < 1.29 is 58.8 Å². The first-order valence-corrected chi connectivity index (χ1v) is 17.5. The van der Waals surface area contributed by atoms with Crippen LogP contribution in [0.5, 0.6) is 0 Å². The number of hydrogen-bond donors (Lipinski definition) is 6. The molecule has 0 bridgehead atoms. The molecule has 2 aliphatic heterocycles. The van der Waals surface area contributed by atoms with Gasteiger partial charge in [-0.25, -0.2) is 4.79 Å². The van der Waals surface area contributed by atoms with Crippen molar-refractivity contribution in [2.45, 2.75) is 126 Å². The second-order valence-electron chi connectivity index (χ2n) is 12.9. The molecule has 0 radical (unpaired) electrons. The summed E-state index contributed by atoms with van der Waals surface area (Å²) in [6.07, 6.45) is 4.07. The van der Waals surface area contributed by atoms with Gasteiger partial charge in [0, 0.05) is 31.4 Å². The van der Waals surface area contributed by atoms with Gasteiger partial charge in [0.25, 0.3) is 0 Å². The molecule has 2 heterocycles. The molecule has 0 saturated carbocycles. The van der Waals surface area contributed by atoms with E-state index >= 15 is 0 Å². The Balaban J connectivity index is 1.41. The number of amides is 1. The molecule has 1 aromatic rings. The molecule has 2 saturated heterocycles. The molecule has 4 rings (SSSR count). The van der Waals surface area contributed by atoms with Gasteiger partial charge in [0.1, 0.15) is 42.7 Å². The van der Waals surface area contributed by atoms with Crippen LogP contribution in [0.15, 0.2) is 42.0 Å². The molecule has 0 aromatic heterocycles. The minimum absolute atomic E-state index is 0.00109. The van der Waals surface area contributed by atoms with E-state index in [2.05, 4.69) is 19.2 Å². The number of unbranched alkanes of at least 4 members (excludes halogenated alkanes) is 4. The fraction of sp³-hybridized carbons (Fsp3) is 0.667. The van der Waals surface area contributed by atoms with Crippen molar-refractivity contribution >= 4 is 18.0 Å². The maximum absolute atomic E-state index is 13.4. The average Bonchev–Trinajstić information content (AvgIpc) is 3.48. The topological polar surface area (TPSA) is 193 Å². The molecule has 8 atom stereocenters. The minimum atomic E-state index is -1.52. The van der Waals surface area contributed by atoms with Gasteiger partial charge in [-0.05, 0) is 36.6 Å². The van der Waals surface area contributed by atoms with E-state index in [1.165, 1.54) is 0 Å². The summed E-state index contributed by atoms with van der Waals surface area (Å²) in [6, 6.07) is 6.69. The van der Waals surface area contributed by atoms with Crippen LogP contribution in [0.25, 0.3) is 6.08 Å². The van der Waals surface area contributed by atoms with Crippen molar-refractivity contribution in [3.63, 3.8) is 0 Å². The fourth-order valence-electron chi connectivity index (χ4n) is 6.36. The number of carbonyl (C=O) groups is 2. The first-order valence-electron chi connectivity index (χ1n) is 17.5. The molecule has 49 heavy (non-hydrogen) atoms. The van der Waals surface area contributed by atoms with Crippen LogP contribution in [0.1, 0.15) is 87.6 Å². The van der Waals surface area contributed by atoms with E-state index in [9.17, 15) is 35.1 Å². The van der Waals surface area contributed by atoms with E-state index in [0.29, 0.717) is 24.0 Å². The predicted octanol–water partition coefficient (Wildman–Crippen LogP) is 2.12. The second kappa shape index (κ2) is 19.0. The highest BCUT2D eigenvalue weighted by atomic mass is 16.8. The summed E-state index contributed by atoms with van der Waals surface area (Å²) in [5, 5.41) is 51.2. The minimum Gasteiger partial charge on any atom is -0.456 e. The van der Waals surface area contributed by atoms with Crippen molar-refractivity contribution in [1.29, 1.82) is 0 Å². The zero-order valence-corrected chi connectivity index (χ0v) is 28.4. The van der Waals surface area contributed by atoms with Crippen LogP contribution in [0.2, 0.25) is 0 Å². The zero-order valence-electron chi connectivity index (χ0n) is 28.4. The predicted molar refractivity (Wildman–Crippen MR) is 178 cm³/mol. The van der Waals surface area contributed by atoms with Crippen molar-refractivity contribution in [2.75, 3.05) is 26.4 Å². The number of hydrogen-bond acceptors (Lipinski definition) is 12. The Labute approximate surface area is 287 Å². The van der Waals surface area contributed by atoms with Crippen LogP contribution in [0.4, 0.5) is 0 Å². The molecular weight excluding hydrogens is 638 g/mol. The van der Waals surface area contributed by atoms with Crippen LogP contribution in [0.3, 0.4) is 0 Å². The highest BCUT2D eigenvalue weighted by molar-refractivity contribution is 5.94. The van der Waals surface area contributed by atoms with Crippen LogP contribution >= 0.6 is 0 Å². The van der Waals surface area contributed by atoms with Gasteiger partial charge in [-0.2, -0.15) is 0 Å². The summed E-state index contributed by atoms with van der Waals surface area (Å²) in [5.74, 6) is -1.74. The van der Waals surface area contributed by atoms with E-state index in [1.807, 2.05) is 0 Å². The van der Waals surface area contributed by atoms with Gasteiger partial charge >= 0.3 is 5.97 Å². The number of rotatable bonds is 18. The van der Waals surface area contributed by atoms with E-state index in [1.54, 1.807) is 42.5 Å². The summed E-state index contributed by atoms with van der Waals surface area (Å²) in [6.45, 7) is 3.64. The lowest BCUT2D eigenvalue weighted by atomic mass is 9.91. The standard InChI is InChI=1S/C36H53NO12/c1-3-5-7-15-36(16-8-6-4-2)48-27-21-25(33(43)37-17-18-38)20-26(32(27)49-36)46-34(44)24-13-11-23(12-14-24)10-9-19-45-35-31(42)30(41)29(40)28(22-39)47-35/h9-14,21,26-32,35,38-42H,3-8,15-20,22H2,1-2H3,(H,37,43). The second-order valence-corrected chi connectivity index (χ2v) is 12.9. The van der Waals surface area contributed by atoms with Gasteiger partial charge in [-0.15, -0.1) is 0 Å². The summed E-state index contributed by atoms with van der Waals surface area (Å²) in [4.78, 5) is 26.4. The maximum Gasteiger partial charge on any atom is 0.338 e. The Hall–Kier alpha value is -2.72. The quantitative estimate of drug-likeness (QED) is 0.0972. The summed E-state index contributed by atoms with van der Waals surface area (Å²) in [5.41, 5.74) is 1.47. The molecule has 1 aromatic carbocycles. The third kappa shape index (κ3) is 10.4. The summed E-state index contributed by atoms with van der Waals surface area (Å²) >= 11 is 0. The molecule has 0 spiro atoms. The first kappa shape index (κ1) is 39.1. The molecule has 1 aliphatic carbocycles. The molecule has 274 valence electrons. The lowest BCUT2D eigenvalue weighted by molar-refractivity contribution is -0.298. The Morgan fingerprint density at radius 2 is 1.65 bits per heavy atom. The summed E-state index contributed by atoms with van der Waals surface area (Å²) in [7, 11) is 0. The summed E-state index contributed by atoms with van der Waals surface area (Å²) < 4.78 is 30.1. The first-order chi connectivity index (χ1) is 23.6. The molecule has 1 amide bonds. The van der Waals surface area contributed by atoms with Gasteiger partial charge in [-0.3, -0.25) is 4.79 Å². The van der Waals surface area contributed by atoms with Crippen molar-refractivity contribution in [3.8, 4) is 0 Å². The third-order valence-corrected chi connectivity index (χ3v) is 9.11. The SMILES string of the molecule is CCCCCC1(CCCCC)OC2C=C(C(=O)NCCO)CC(OC(=O)c3ccc(C=CCOC4OC(CO)C(O)C(O)C4O)cc3)C2O1. The Morgan fingerprint density at radius 1 is 0.959 bits per heavy atom. The molecule has 13 heteroatoms. The largest absolute Gasteiger partial charge is 0.456 e. The van der Waals surface area contributed by atoms with Crippen LogP contribution < -0.4 is 5.32 Å². The van der Waals surface area contributed by atoms with E-state index < -0.39 is 67.4 Å². The number of nitrogens with one attached hydrogen (secondary N) is 1. The van der Waals surface area contributed by atoms with Crippen LogP contribution in [0, 0.1) is 0 Å². The molecule has 8 unspecified atom stereocenters. The van der Waals surface area contributed by atoms with E-state index in [4.69, 9.17) is 23.7 Å². The third-order valence-electron chi connectivity index (χ3n) is 9.11. The smallest absolute Gasteiger partial charge is 0.338 e. The zero-order chi connectivity index (χ0) is 35.4. The van der Waals surface area contributed by atoms with Crippen LogP contribution in [-0.4, -0.2) is 119 Å². The normalized spacial score (nSPS) is 29.4. The highest BCUT2D eigenvalue weighted by Gasteiger charge is 2.52. The van der Waals surface area contributed by atoms with E-state index in [-0.39, 0.29) is 32.1 Å². The number of fused-ring (bicyclic) bond motifs is 1. The van der Waals surface area contributed by atoms with Crippen molar-refractivity contribution in [3.05, 3.63) is 53.1 Å². The lowest BCUT2D eigenvalue weighted by Crippen LogP contribution is -2.59. The highest BCUT2D eigenvalue weighted by Crippen LogP contribution is 2.43. The van der Waals surface area contributed by atoms with Gasteiger partial charge < -0.3 is 54.5 Å². The van der Waals surface area contributed by atoms with Gasteiger partial charge in [0.2, 0.25) is 5.91 Å². The molecule has 2 fully saturated rings. The molecule has 6 N–H and O–H groups in total. The molecular formula is C36H53NO12. The van der Waals surface area contributed by atoms with Crippen LogP contribution in [-0.2, 0) is 28.5 Å². The Morgan fingerprint density at radius 3 is 2.29 bits per heavy atom. The number of carbonyl (C=O) groups excluding carboxylic acids is 2. The monoisotopic (exact) mass is 691 g/mol. The average molecular weight is 692 g/mol. The van der Waals surface area contributed by atoms with E-state index in [0.717, 1.165) is 44.1 Å². The van der Waals surface area contributed by atoms with Crippen molar-refractivity contribution in [1.82, 2.24) is 5.32 Å². The number of ether oxygens (including phenoxy) is 5. The fourth-order valence-corrected chi connectivity index (χ4v) is 6.36. The van der Waals surface area contributed by atoms with Gasteiger partial charge in [0.15, 0.2) is 12.1 Å². The number of aliphatic hydroxyl groups is 5.